The molecule has 2 N–H and O–H groups in total. The molecular formula is C19H21NO3. The maximum atomic E-state index is 11.9. The predicted octanol–water partition coefficient (Wildman–Crippen LogP) is 2.91. The van der Waals surface area contributed by atoms with Crippen molar-refractivity contribution in [3.63, 3.8) is 0 Å². The molecule has 0 radical (unpaired) electrons. The second kappa shape index (κ2) is 8.76. The molecule has 1 amide bonds. The molecule has 2 rings (SSSR count). The van der Waals surface area contributed by atoms with Crippen LogP contribution in [0, 0.1) is 0 Å². The van der Waals surface area contributed by atoms with Crippen LogP contribution in [-0.2, 0) is 17.9 Å². The largest absolute Gasteiger partial charge is 0.494 e. The lowest BCUT2D eigenvalue weighted by atomic mass is 10.1. The fraction of sp³-hybridized carbons (Fsp3) is 0.211. The molecule has 2 aromatic carbocycles. The van der Waals surface area contributed by atoms with Gasteiger partial charge in [-0.3, -0.25) is 4.79 Å². The van der Waals surface area contributed by atoms with Crippen molar-refractivity contribution in [1.29, 1.82) is 0 Å². The first-order valence-corrected chi connectivity index (χ1v) is 7.59. The molecule has 0 aliphatic carbocycles. The Morgan fingerprint density at radius 2 is 1.83 bits per heavy atom. The molecule has 0 heterocycles. The van der Waals surface area contributed by atoms with Gasteiger partial charge in [0, 0.05) is 12.6 Å². The quantitative estimate of drug-likeness (QED) is 0.773. The Kier molecular flexibility index (Phi) is 6.39. The fourth-order valence-electron chi connectivity index (χ4n) is 2.14. The Balaban J connectivity index is 1.88. The van der Waals surface area contributed by atoms with Crippen molar-refractivity contribution in [2.45, 2.75) is 20.1 Å². The number of rotatable bonds is 7. The van der Waals surface area contributed by atoms with E-state index < -0.39 is 0 Å². The van der Waals surface area contributed by atoms with E-state index in [1.165, 1.54) is 6.08 Å². The smallest absolute Gasteiger partial charge is 0.244 e. The third-order valence-electron chi connectivity index (χ3n) is 3.36. The minimum Gasteiger partial charge on any atom is -0.494 e. The number of benzene rings is 2. The summed E-state index contributed by atoms with van der Waals surface area (Å²) in [5, 5.41) is 12.1. The van der Waals surface area contributed by atoms with Crippen LogP contribution in [0.4, 0.5) is 0 Å². The maximum absolute atomic E-state index is 11.9. The molecule has 0 bridgehead atoms. The van der Waals surface area contributed by atoms with Crippen molar-refractivity contribution in [3.05, 3.63) is 71.3 Å². The van der Waals surface area contributed by atoms with Crippen LogP contribution in [0.15, 0.2) is 54.6 Å². The molecule has 0 atom stereocenters. The van der Waals surface area contributed by atoms with Gasteiger partial charge in [-0.25, -0.2) is 0 Å². The van der Waals surface area contributed by atoms with E-state index in [1.54, 1.807) is 6.08 Å². The van der Waals surface area contributed by atoms with Gasteiger partial charge < -0.3 is 15.2 Å². The Morgan fingerprint density at radius 3 is 2.48 bits per heavy atom. The van der Waals surface area contributed by atoms with Crippen molar-refractivity contribution >= 4 is 12.0 Å². The number of hydrogen-bond acceptors (Lipinski definition) is 3. The van der Waals surface area contributed by atoms with Crippen LogP contribution in [-0.4, -0.2) is 17.6 Å². The third kappa shape index (κ3) is 5.27. The van der Waals surface area contributed by atoms with Crippen molar-refractivity contribution < 1.29 is 14.6 Å². The highest BCUT2D eigenvalue weighted by Gasteiger charge is 2.02. The van der Waals surface area contributed by atoms with Gasteiger partial charge >= 0.3 is 0 Å². The molecular weight excluding hydrogens is 290 g/mol. The Bertz CT molecular complexity index is 663. The Labute approximate surface area is 136 Å². The van der Waals surface area contributed by atoms with E-state index in [2.05, 4.69) is 5.32 Å². The average Bonchev–Trinajstić information content (AvgIpc) is 2.60. The minimum absolute atomic E-state index is 0.0337. The van der Waals surface area contributed by atoms with Crippen molar-refractivity contribution in [2.24, 2.45) is 0 Å². The molecule has 0 aliphatic rings. The number of amides is 1. The summed E-state index contributed by atoms with van der Waals surface area (Å²) in [7, 11) is 0. The van der Waals surface area contributed by atoms with E-state index in [1.807, 2.05) is 55.5 Å². The van der Waals surface area contributed by atoms with Gasteiger partial charge in [0.25, 0.3) is 0 Å². The second-order valence-electron chi connectivity index (χ2n) is 4.98. The molecule has 23 heavy (non-hydrogen) atoms. The molecule has 0 fully saturated rings. The molecule has 0 unspecified atom stereocenters. The van der Waals surface area contributed by atoms with E-state index in [-0.39, 0.29) is 12.5 Å². The fourth-order valence-corrected chi connectivity index (χ4v) is 2.14. The van der Waals surface area contributed by atoms with Crippen LogP contribution in [0.2, 0.25) is 0 Å². The van der Waals surface area contributed by atoms with Gasteiger partial charge in [0.1, 0.15) is 5.75 Å². The Morgan fingerprint density at radius 1 is 1.13 bits per heavy atom. The van der Waals surface area contributed by atoms with Crippen LogP contribution in [0.3, 0.4) is 0 Å². The van der Waals surface area contributed by atoms with Crippen LogP contribution < -0.4 is 10.1 Å². The predicted molar refractivity (Wildman–Crippen MR) is 90.9 cm³/mol. The van der Waals surface area contributed by atoms with Gasteiger partial charge in [0.05, 0.1) is 13.2 Å². The van der Waals surface area contributed by atoms with E-state index in [0.29, 0.717) is 13.2 Å². The van der Waals surface area contributed by atoms with Gasteiger partial charge in [0.2, 0.25) is 5.91 Å². The summed E-state index contributed by atoms with van der Waals surface area (Å²) in [6, 6.07) is 15.0. The van der Waals surface area contributed by atoms with Crippen LogP contribution in [0.25, 0.3) is 6.08 Å². The van der Waals surface area contributed by atoms with E-state index in [0.717, 1.165) is 22.4 Å². The first kappa shape index (κ1) is 16.8. The molecule has 0 saturated heterocycles. The van der Waals surface area contributed by atoms with Crippen molar-refractivity contribution in [2.75, 3.05) is 6.61 Å². The van der Waals surface area contributed by atoms with Gasteiger partial charge in [-0.05, 0) is 41.8 Å². The van der Waals surface area contributed by atoms with Gasteiger partial charge in [-0.1, -0.05) is 36.4 Å². The number of nitrogens with one attached hydrogen (secondary N) is 1. The number of hydrogen-bond donors (Lipinski definition) is 2. The molecule has 4 heteroatoms. The second-order valence-corrected chi connectivity index (χ2v) is 4.98. The number of carbonyl (C=O) groups excluding carboxylic acids is 1. The highest BCUT2D eigenvalue weighted by molar-refractivity contribution is 5.91. The normalized spacial score (nSPS) is 10.7. The molecule has 4 nitrogen and oxygen atoms in total. The average molecular weight is 311 g/mol. The number of aliphatic hydroxyl groups excluding tert-OH is 1. The molecule has 2 aromatic rings. The number of carbonyl (C=O) groups is 1. The lowest BCUT2D eigenvalue weighted by Crippen LogP contribution is -2.21. The maximum Gasteiger partial charge on any atom is 0.244 e. The lowest BCUT2D eigenvalue weighted by molar-refractivity contribution is -0.116. The van der Waals surface area contributed by atoms with Crippen LogP contribution >= 0.6 is 0 Å². The first-order valence-electron chi connectivity index (χ1n) is 7.59. The van der Waals surface area contributed by atoms with Gasteiger partial charge in [0.15, 0.2) is 0 Å². The van der Waals surface area contributed by atoms with Crippen molar-refractivity contribution in [3.8, 4) is 5.75 Å². The molecule has 0 saturated carbocycles. The summed E-state index contributed by atoms with van der Waals surface area (Å²) >= 11 is 0. The van der Waals surface area contributed by atoms with E-state index >= 15 is 0 Å². The van der Waals surface area contributed by atoms with Gasteiger partial charge in [-0.2, -0.15) is 0 Å². The monoisotopic (exact) mass is 311 g/mol. The summed E-state index contributed by atoms with van der Waals surface area (Å²) < 4.78 is 5.37. The molecule has 0 spiro atoms. The first-order chi connectivity index (χ1) is 11.2. The SMILES string of the molecule is CCOc1ccc(/C=C/C(=O)NCc2ccccc2CO)cc1. The summed E-state index contributed by atoms with van der Waals surface area (Å²) in [5.74, 6) is 0.640. The summed E-state index contributed by atoms with van der Waals surface area (Å²) in [4.78, 5) is 11.9. The lowest BCUT2D eigenvalue weighted by Gasteiger charge is -2.07. The van der Waals surface area contributed by atoms with Crippen LogP contribution in [0.5, 0.6) is 5.75 Å². The minimum atomic E-state index is -0.174. The zero-order valence-corrected chi connectivity index (χ0v) is 13.2. The highest BCUT2D eigenvalue weighted by Crippen LogP contribution is 2.13. The standard InChI is InChI=1S/C19H21NO3/c1-2-23-18-10-7-15(8-11-18)9-12-19(22)20-13-16-5-3-4-6-17(16)14-21/h3-12,21H,2,13-14H2,1H3,(H,20,22)/b12-9+. The van der Waals surface area contributed by atoms with E-state index in [9.17, 15) is 9.90 Å². The highest BCUT2D eigenvalue weighted by atomic mass is 16.5. The molecule has 0 aromatic heterocycles. The third-order valence-corrected chi connectivity index (χ3v) is 3.36. The van der Waals surface area contributed by atoms with Crippen LogP contribution in [0.1, 0.15) is 23.6 Å². The number of aliphatic hydroxyl groups is 1. The van der Waals surface area contributed by atoms with Crippen molar-refractivity contribution in [1.82, 2.24) is 5.32 Å². The zero-order valence-electron chi connectivity index (χ0n) is 13.2. The van der Waals surface area contributed by atoms with E-state index in [4.69, 9.17) is 4.74 Å². The summed E-state index contributed by atoms with van der Waals surface area (Å²) in [6.07, 6.45) is 3.25. The Hall–Kier alpha value is -2.59. The van der Waals surface area contributed by atoms with Gasteiger partial charge in [-0.15, -0.1) is 0 Å². The summed E-state index contributed by atoms with van der Waals surface area (Å²) in [6.45, 7) is 2.93. The topological polar surface area (TPSA) is 58.6 Å². The molecule has 120 valence electrons. The molecule has 0 aliphatic heterocycles. The number of ether oxygens (including phenoxy) is 1. The summed E-state index contributed by atoms with van der Waals surface area (Å²) in [5.41, 5.74) is 2.67. The zero-order chi connectivity index (χ0) is 16.5.